The number of hydrogen-bond acceptors (Lipinski definition) is 3. The van der Waals surface area contributed by atoms with Gasteiger partial charge in [-0.25, -0.2) is 0 Å². The van der Waals surface area contributed by atoms with Gasteiger partial charge in [0, 0.05) is 46.6 Å². The van der Waals surface area contributed by atoms with Gasteiger partial charge >= 0.3 is 0 Å². The Bertz CT molecular complexity index is 765. The van der Waals surface area contributed by atoms with Crippen LogP contribution in [0.3, 0.4) is 0 Å². The van der Waals surface area contributed by atoms with Gasteiger partial charge in [0.2, 0.25) is 0 Å². The van der Waals surface area contributed by atoms with E-state index >= 15 is 0 Å². The van der Waals surface area contributed by atoms with Gasteiger partial charge in [-0.2, -0.15) is 5.10 Å². The van der Waals surface area contributed by atoms with Gasteiger partial charge in [0.1, 0.15) is 0 Å². The Labute approximate surface area is 138 Å². The van der Waals surface area contributed by atoms with Crippen LogP contribution in [0.25, 0.3) is 0 Å². The molecule has 0 unspecified atom stereocenters. The molecule has 0 aliphatic carbocycles. The molecule has 0 saturated carbocycles. The topological polar surface area (TPSA) is 46.9 Å². The molecule has 118 valence electrons. The summed E-state index contributed by atoms with van der Waals surface area (Å²) in [6.45, 7) is 1.53. The summed E-state index contributed by atoms with van der Waals surface area (Å²) >= 11 is 0. The quantitative estimate of drug-likeness (QED) is 0.756. The van der Waals surface area contributed by atoms with Gasteiger partial charge in [-0.15, -0.1) is 0 Å². The first-order chi connectivity index (χ1) is 11.2. The van der Waals surface area contributed by atoms with Crippen molar-refractivity contribution < 1.29 is 4.21 Å². The fourth-order valence-corrected chi connectivity index (χ4v) is 2.83. The third-order valence-electron chi connectivity index (χ3n) is 3.61. The predicted octanol–water partition coefficient (Wildman–Crippen LogP) is 3.28. The molecule has 2 aromatic carbocycles. The van der Waals surface area contributed by atoms with E-state index in [1.54, 1.807) is 12.5 Å². The van der Waals surface area contributed by atoms with E-state index < -0.39 is 10.8 Å². The average Bonchev–Trinajstić information content (AvgIpc) is 3.07. The number of rotatable bonds is 6. The van der Waals surface area contributed by atoms with E-state index in [4.69, 9.17) is 0 Å². The van der Waals surface area contributed by atoms with Crippen molar-refractivity contribution in [3.8, 4) is 0 Å². The molecule has 1 heterocycles. The van der Waals surface area contributed by atoms with Crippen LogP contribution >= 0.6 is 0 Å². The summed E-state index contributed by atoms with van der Waals surface area (Å²) < 4.78 is 13.3. The lowest BCUT2D eigenvalue weighted by Crippen LogP contribution is -2.02. The fourth-order valence-electron chi connectivity index (χ4n) is 2.31. The molecule has 5 heteroatoms. The van der Waals surface area contributed by atoms with Gasteiger partial charge < -0.3 is 5.32 Å². The molecule has 3 rings (SSSR count). The monoisotopic (exact) mass is 325 g/mol. The van der Waals surface area contributed by atoms with E-state index in [0.717, 1.165) is 23.7 Å². The standard InChI is InChI=1S/C18H19N3OS/c1-23(22)18-9-5-15(6-10-18)13-19-17-7-3-16(4-8-17)14-21-12-2-11-20-21/h2-12,19H,13-14H2,1H3/t23-/m0/s1. The van der Waals surface area contributed by atoms with Crippen LogP contribution in [0.1, 0.15) is 11.1 Å². The molecule has 4 nitrogen and oxygen atoms in total. The van der Waals surface area contributed by atoms with Crippen molar-refractivity contribution in [2.75, 3.05) is 11.6 Å². The van der Waals surface area contributed by atoms with Crippen LogP contribution in [0.15, 0.2) is 71.9 Å². The van der Waals surface area contributed by atoms with Crippen LogP contribution in [0.4, 0.5) is 5.69 Å². The second-order valence-electron chi connectivity index (χ2n) is 5.35. The fraction of sp³-hybridized carbons (Fsp3) is 0.167. The molecule has 23 heavy (non-hydrogen) atoms. The molecule has 0 spiro atoms. The highest BCUT2D eigenvalue weighted by atomic mass is 32.2. The van der Waals surface area contributed by atoms with Crippen LogP contribution in [-0.4, -0.2) is 20.2 Å². The summed E-state index contributed by atoms with van der Waals surface area (Å²) in [5.74, 6) is 0. The highest BCUT2D eigenvalue weighted by Gasteiger charge is 1.99. The Morgan fingerprint density at radius 2 is 1.74 bits per heavy atom. The Balaban J connectivity index is 1.56. The van der Waals surface area contributed by atoms with Crippen molar-refractivity contribution in [2.45, 2.75) is 18.0 Å². The van der Waals surface area contributed by atoms with Gasteiger partial charge in [0.05, 0.1) is 6.54 Å². The maximum absolute atomic E-state index is 11.4. The van der Waals surface area contributed by atoms with E-state index in [0.29, 0.717) is 0 Å². The van der Waals surface area contributed by atoms with Gasteiger partial charge in [-0.1, -0.05) is 24.3 Å². The first kappa shape index (κ1) is 15.5. The Kier molecular flexibility index (Phi) is 4.88. The van der Waals surface area contributed by atoms with E-state index in [-0.39, 0.29) is 0 Å². The zero-order valence-corrected chi connectivity index (χ0v) is 13.8. The molecule has 0 aliphatic heterocycles. The second kappa shape index (κ2) is 7.24. The summed E-state index contributed by atoms with van der Waals surface area (Å²) in [4.78, 5) is 0.858. The van der Waals surface area contributed by atoms with Gasteiger partial charge in [-0.05, 0) is 41.5 Å². The van der Waals surface area contributed by atoms with E-state index in [1.165, 1.54) is 11.1 Å². The highest BCUT2D eigenvalue weighted by Crippen LogP contribution is 2.13. The maximum atomic E-state index is 11.4. The van der Waals surface area contributed by atoms with Crippen molar-refractivity contribution in [3.63, 3.8) is 0 Å². The first-order valence-corrected chi connectivity index (χ1v) is 8.99. The van der Waals surface area contributed by atoms with Crippen molar-refractivity contribution >= 4 is 16.5 Å². The average molecular weight is 325 g/mol. The predicted molar refractivity (Wildman–Crippen MR) is 93.9 cm³/mol. The zero-order chi connectivity index (χ0) is 16.1. The number of nitrogens with zero attached hydrogens (tertiary/aromatic N) is 2. The Hall–Kier alpha value is -2.40. The number of benzene rings is 2. The van der Waals surface area contributed by atoms with Crippen LogP contribution in [-0.2, 0) is 23.9 Å². The number of anilines is 1. The summed E-state index contributed by atoms with van der Waals surface area (Å²) in [5.41, 5.74) is 3.46. The van der Waals surface area contributed by atoms with Crippen LogP contribution in [0.5, 0.6) is 0 Å². The minimum absolute atomic E-state index is 0.745. The normalized spacial score (nSPS) is 12.0. The lowest BCUT2D eigenvalue weighted by atomic mass is 10.2. The third-order valence-corrected chi connectivity index (χ3v) is 4.55. The van der Waals surface area contributed by atoms with E-state index in [2.05, 4.69) is 34.7 Å². The molecule has 0 saturated heterocycles. The molecule has 0 radical (unpaired) electrons. The van der Waals surface area contributed by atoms with Crippen molar-refractivity contribution in [2.24, 2.45) is 0 Å². The summed E-state index contributed by atoms with van der Waals surface area (Å²) in [5, 5.41) is 7.61. The molecule has 0 amide bonds. The molecular weight excluding hydrogens is 306 g/mol. The molecule has 0 bridgehead atoms. The molecule has 0 fully saturated rings. The minimum atomic E-state index is -0.921. The molecule has 1 aromatic heterocycles. The van der Waals surface area contributed by atoms with Crippen LogP contribution in [0.2, 0.25) is 0 Å². The number of aromatic nitrogens is 2. The smallest absolute Gasteiger partial charge is 0.0659 e. The zero-order valence-electron chi connectivity index (χ0n) is 13.0. The molecular formula is C18H19N3OS. The Morgan fingerprint density at radius 3 is 2.35 bits per heavy atom. The number of hydrogen-bond donors (Lipinski definition) is 1. The summed E-state index contributed by atoms with van der Waals surface area (Å²) in [6.07, 6.45) is 5.44. The van der Waals surface area contributed by atoms with E-state index in [9.17, 15) is 4.21 Å². The van der Waals surface area contributed by atoms with Crippen molar-refractivity contribution in [1.82, 2.24) is 9.78 Å². The van der Waals surface area contributed by atoms with Crippen molar-refractivity contribution in [3.05, 3.63) is 78.1 Å². The van der Waals surface area contributed by atoms with Gasteiger partial charge in [-0.3, -0.25) is 8.89 Å². The van der Waals surface area contributed by atoms with Gasteiger partial charge in [0.15, 0.2) is 0 Å². The number of nitrogens with one attached hydrogen (secondary N) is 1. The minimum Gasteiger partial charge on any atom is -0.381 e. The van der Waals surface area contributed by atoms with Gasteiger partial charge in [0.25, 0.3) is 0 Å². The van der Waals surface area contributed by atoms with Crippen molar-refractivity contribution in [1.29, 1.82) is 0 Å². The highest BCUT2D eigenvalue weighted by molar-refractivity contribution is 7.84. The lowest BCUT2D eigenvalue weighted by Gasteiger charge is -2.08. The maximum Gasteiger partial charge on any atom is 0.0659 e. The molecule has 3 aromatic rings. The summed E-state index contributed by atoms with van der Waals surface area (Å²) in [7, 11) is -0.921. The lowest BCUT2D eigenvalue weighted by molar-refractivity contribution is 0.686. The Morgan fingerprint density at radius 1 is 1.04 bits per heavy atom. The van der Waals surface area contributed by atoms with Crippen LogP contribution in [0, 0.1) is 0 Å². The second-order valence-corrected chi connectivity index (χ2v) is 6.73. The SMILES string of the molecule is C[S@](=O)c1ccc(CNc2ccc(Cn3cccn3)cc2)cc1. The van der Waals surface area contributed by atoms with Crippen LogP contribution < -0.4 is 5.32 Å². The first-order valence-electron chi connectivity index (χ1n) is 7.43. The third kappa shape index (κ3) is 4.29. The largest absolute Gasteiger partial charge is 0.381 e. The summed E-state index contributed by atoms with van der Waals surface area (Å²) in [6, 6.07) is 18.1. The molecule has 1 N–H and O–H groups in total. The molecule has 0 aliphatic rings. The van der Waals surface area contributed by atoms with E-state index in [1.807, 2.05) is 41.2 Å². The molecule has 1 atom stereocenters.